The van der Waals surface area contributed by atoms with Gasteiger partial charge in [0, 0.05) is 13.0 Å². The molecule has 4 heteroatoms. The number of allylic oxidation sites excluding steroid dienone is 14. The minimum absolute atomic E-state index is 0.183. The predicted octanol–water partition coefficient (Wildman–Crippen LogP) is 14.8. The van der Waals surface area contributed by atoms with Crippen LogP contribution in [0, 0.1) is 0 Å². The minimum Gasteiger partial charge on any atom is -0.457 e. The molecule has 53 heavy (non-hydrogen) atoms. The van der Waals surface area contributed by atoms with Crippen molar-refractivity contribution in [1.82, 2.24) is 0 Å². The molecular formula is C49H84O4. The Balaban J connectivity index is 3.49. The van der Waals surface area contributed by atoms with Crippen molar-refractivity contribution in [3.8, 4) is 0 Å². The van der Waals surface area contributed by atoms with E-state index in [0.717, 1.165) is 64.2 Å². The van der Waals surface area contributed by atoms with Crippen molar-refractivity contribution in [1.29, 1.82) is 0 Å². The monoisotopic (exact) mass is 737 g/mol. The lowest BCUT2D eigenvalue weighted by atomic mass is 10.1. The fourth-order valence-electron chi connectivity index (χ4n) is 5.91. The van der Waals surface area contributed by atoms with Gasteiger partial charge in [-0.3, -0.25) is 4.79 Å². The number of aliphatic hydroxyl groups excluding tert-OH is 1. The second kappa shape index (κ2) is 45.7. The van der Waals surface area contributed by atoms with E-state index in [2.05, 4.69) is 98.9 Å². The fraction of sp³-hybridized carbons (Fsp3) is 0.694. The zero-order valence-electron chi connectivity index (χ0n) is 34.8. The van der Waals surface area contributed by atoms with Crippen LogP contribution in [0.2, 0.25) is 0 Å². The first-order valence-corrected chi connectivity index (χ1v) is 22.2. The van der Waals surface area contributed by atoms with Crippen LogP contribution in [-0.4, -0.2) is 37.0 Å². The van der Waals surface area contributed by atoms with Crippen LogP contribution in [0.4, 0.5) is 0 Å². The van der Waals surface area contributed by atoms with E-state index in [-0.39, 0.29) is 19.2 Å². The van der Waals surface area contributed by atoms with E-state index in [0.29, 0.717) is 13.0 Å². The van der Waals surface area contributed by atoms with Gasteiger partial charge in [-0.15, -0.1) is 0 Å². The van der Waals surface area contributed by atoms with Gasteiger partial charge in [0.05, 0.1) is 13.2 Å². The second-order valence-electron chi connectivity index (χ2n) is 14.4. The number of carbonyl (C=O) groups excluding carboxylic acids is 1. The highest BCUT2D eigenvalue weighted by Gasteiger charge is 2.13. The summed E-state index contributed by atoms with van der Waals surface area (Å²) < 4.78 is 11.2. The molecular weight excluding hydrogens is 653 g/mol. The fourth-order valence-corrected chi connectivity index (χ4v) is 5.91. The molecule has 0 aromatic rings. The number of carbonyl (C=O) groups is 1. The van der Waals surface area contributed by atoms with Gasteiger partial charge in [-0.1, -0.05) is 182 Å². The highest BCUT2D eigenvalue weighted by molar-refractivity contribution is 5.69. The van der Waals surface area contributed by atoms with E-state index in [9.17, 15) is 9.90 Å². The van der Waals surface area contributed by atoms with Crippen molar-refractivity contribution in [2.45, 2.75) is 200 Å². The standard InChI is InChI=1S/C49H84O4/c1-3-5-7-9-11-13-15-17-19-21-22-23-24-25-26-27-29-31-33-35-37-39-41-43-45-52-47-48(46-50)53-49(51)44-42-40-38-36-34-32-30-28-20-18-16-14-12-10-8-6-4-2/h5,7,11-14,17-20,22-23,25-26,48,50H,3-4,6,8-10,15-16,21,24,27-47H2,1-2H3/b7-5-,13-11-,14-12-,19-17-,20-18-,23-22-,26-25-. The lowest BCUT2D eigenvalue weighted by Crippen LogP contribution is -2.27. The van der Waals surface area contributed by atoms with Crippen molar-refractivity contribution in [2.24, 2.45) is 0 Å². The van der Waals surface area contributed by atoms with Gasteiger partial charge in [-0.25, -0.2) is 0 Å². The van der Waals surface area contributed by atoms with E-state index >= 15 is 0 Å². The largest absolute Gasteiger partial charge is 0.457 e. The van der Waals surface area contributed by atoms with Crippen LogP contribution in [0.3, 0.4) is 0 Å². The molecule has 1 unspecified atom stereocenters. The van der Waals surface area contributed by atoms with Gasteiger partial charge < -0.3 is 14.6 Å². The quantitative estimate of drug-likeness (QED) is 0.0387. The number of hydrogen-bond donors (Lipinski definition) is 1. The molecule has 0 saturated heterocycles. The van der Waals surface area contributed by atoms with Crippen LogP contribution >= 0.6 is 0 Å². The van der Waals surface area contributed by atoms with Crippen LogP contribution in [0.1, 0.15) is 194 Å². The zero-order valence-corrected chi connectivity index (χ0v) is 34.8. The topological polar surface area (TPSA) is 55.8 Å². The number of hydrogen-bond acceptors (Lipinski definition) is 4. The maximum absolute atomic E-state index is 12.2. The molecule has 1 atom stereocenters. The highest BCUT2D eigenvalue weighted by Crippen LogP contribution is 2.13. The normalized spacial score (nSPS) is 13.2. The number of unbranched alkanes of at least 4 members (excludes halogenated alkanes) is 18. The molecule has 0 aromatic heterocycles. The SMILES string of the molecule is CC/C=C\C/C=C\C/C=C\C/C=C\C/C=C\CCCCCCCCCCOCC(CO)OC(=O)CCCCCCCCC/C=C\C/C=C\CCCCC. The average molecular weight is 737 g/mol. The predicted molar refractivity (Wildman–Crippen MR) is 232 cm³/mol. The summed E-state index contributed by atoms with van der Waals surface area (Å²) in [4.78, 5) is 12.2. The lowest BCUT2D eigenvalue weighted by molar-refractivity contribution is -0.154. The summed E-state index contributed by atoms with van der Waals surface area (Å²) in [5.74, 6) is -0.215. The van der Waals surface area contributed by atoms with Crippen LogP contribution in [0.5, 0.6) is 0 Å². The van der Waals surface area contributed by atoms with Gasteiger partial charge in [0.15, 0.2) is 0 Å². The molecule has 0 fully saturated rings. The summed E-state index contributed by atoms with van der Waals surface area (Å²) >= 11 is 0. The second-order valence-corrected chi connectivity index (χ2v) is 14.4. The van der Waals surface area contributed by atoms with Crippen LogP contribution in [0.15, 0.2) is 85.1 Å². The van der Waals surface area contributed by atoms with E-state index in [4.69, 9.17) is 9.47 Å². The summed E-state index contributed by atoms with van der Waals surface area (Å²) in [5, 5.41) is 9.61. The molecule has 304 valence electrons. The summed E-state index contributed by atoms with van der Waals surface area (Å²) in [6.45, 7) is 5.17. The third-order valence-electron chi connectivity index (χ3n) is 9.20. The molecule has 0 spiro atoms. The van der Waals surface area contributed by atoms with Gasteiger partial charge in [0.2, 0.25) is 0 Å². The van der Waals surface area contributed by atoms with Gasteiger partial charge in [0.25, 0.3) is 0 Å². The summed E-state index contributed by atoms with van der Waals surface area (Å²) in [6.07, 6.45) is 63.6. The Morgan fingerprint density at radius 2 is 0.849 bits per heavy atom. The molecule has 0 heterocycles. The Hall–Kier alpha value is -2.43. The van der Waals surface area contributed by atoms with E-state index < -0.39 is 6.10 Å². The molecule has 0 amide bonds. The van der Waals surface area contributed by atoms with E-state index in [1.807, 2.05) is 0 Å². The van der Waals surface area contributed by atoms with Crippen LogP contribution < -0.4 is 0 Å². The van der Waals surface area contributed by atoms with Crippen molar-refractivity contribution in [2.75, 3.05) is 19.8 Å². The molecule has 4 nitrogen and oxygen atoms in total. The summed E-state index contributed by atoms with van der Waals surface area (Å²) in [7, 11) is 0. The molecule has 0 aliphatic heterocycles. The lowest BCUT2D eigenvalue weighted by Gasteiger charge is -2.16. The van der Waals surface area contributed by atoms with Crippen molar-refractivity contribution in [3.63, 3.8) is 0 Å². The Morgan fingerprint density at radius 3 is 1.28 bits per heavy atom. The Morgan fingerprint density at radius 1 is 0.472 bits per heavy atom. The minimum atomic E-state index is -0.548. The first kappa shape index (κ1) is 50.6. The molecule has 0 rings (SSSR count). The first-order valence-electron chi connectivity index (χ1n) is 22.2. The van der Waals surface area contributed by atoms with Crippen LogP contribution in [0.25, 0.3) is 0 Å². The first-order chi connectivity index (χ1) is 26.2. The van der Waals surface area contributed by atoms with Gasteiger partial charge >= 0.3 is 5.97 Å². The smallest absolute Gasteiger partial charge is 0.306 e. The third-order valence-corrected chi connectivity index (χ3v) is 9.20. The highest BCUT2D eigenvalue weighted by atomic mass is 16.6. The zero-order chi connectivity index (χ0) is 38.4. The molecule has 1 N–H and O–H groups in total. The molecule has 0 aromatic carbocycles. The van der Waals surface area contributed by atoms with Gasteiger partial charge in [0.1, 0.15) is 6.10 Å². The van der Waals surface area contributed by atoms with Crippen molar-refractivity contribution >= 4 is 5.97 Å². The van der Waals surface area contributed by atoms with Gasteiger partial charge in [-0.05, 0) is 89.9 Å². The average Bonchev–Trinajstić information content (AvgIpc) is 3.16. The molecule has 0 bridgehead atoms. The number of aliphatic hydroxyl groups is 1. The molecule has 0 aliphatic rings. The van der Waals surface area contributed by atoms with Crippen molar-refractivity contribution in [3.05, 3.63) is 85.1 Å². The molecule has 0 aliphatic carbocycles. The Kier molecular flexibility index (Phi) is 43.6. The van der Waals surface area contributed by atoms with Crippen molar-refractivity contribution < 1.29 is 19.4 Å². The van der Waals surface area contributed by atoms with Gasteiger partial charge in [-0.2, -0.15) is 0 Å². The van der Waals surface area contributed by atoms with Crippen LogP contribution in [-0.2, 0) is 14.3 Å². The Labute approximate surface area is 329 Å². The third kappa shape index (κ3) is 43.9. The summed E-state index contributed by atoms with van der Waals surface area (Å²) in [5.41, 5.74) is 0. The maximum atomic E-state index is 12.2. The summed E-state index contributed by atoms with van der Waals surface area (Å²) in [6, 6.07) is 0. The number of ether oxygens (including phenoxy) is 2. The maximum Gasteiger partial charge on any atom is 0.306 e. The number of esters is 1. The number of rotatable bonds is 40. The van der Waals surface area contributed by atoms with E-state index in [1.165, 1.54) is 109 Å². The molecule has 0 radical (unpaired) electrons. The van der Waals surface area contributed by atoms with E-state index in [1.54, 1.807) is 0 Å². The molecule has 0 saturated carbocycles. The Bertz CT molecular complexity index is 954.